The molecule has 1 aliphatic heterocycles. The van der Waals surface area contributed by atoms with Crippen LogP contribution in [0, 0.1) is 0 Å². The summed E-state index contributed by atoms with van der Waals surface area (Å²) in [6.07, 6.45) is 0.815. The predicted octanol–water partition coefficient (Wildman–Crippen LogP) is 1.88. The summed E-state index contributed by atoms with van der Waals surface area (Å²) in [7, 11) is 2.12. The van der Waals surface area contributed by atoms with Gasteiger partial charge in [0, 0.05) is 31.7 Å². The van der Waals surface area contributed by atoms with Gasteiger partial charge in [0.05, 0.1) is 18.3 Å². The number of rotatable bonds is 6. The Morgan fingerprint density at radius 1 is 1.27 bits per heavy atom. The SMILES string of the molecule is CCOc1ccc(C(=O)C(CC)N2CCN(C)CC2)cc1N. The number of ether oxygens (including phenoxy) is 1. The summed E-state index contributed by atoms with van der Waals surface area (Å²) in [5.74, 6) is 0.800. The Bertz CT molecular complexity index is 511. The molecule has 5 nitrogen and oxygen atoms in total. The first kappa shape index (κ1) is 16.8. The van der Waals surface area contributed by atoms with E-state index in [-0.39, 0.29) is 11.8 Å². The molecule has 122 valence electrons. The molecular weight excluding hydrogens is 278 g/mol. The number of ketones is 1. The van der Waals surface area contributed by atoms with Crippen LogP contribution in [0.25, 0.3) is 0 Å². The van der Waals surface area contributed by atoms with Crippen molar-refractivity contribution >= 4 is 11.5 Å². The van der Waals surface area contributed by atoms with Gasteiger partial charge in [-0.2, -0.15) is 0 Å². The summed E-state index contributed by atoms with van der Waals surface area (Å²) in [5.41, 5.74) is 7.19. The third-order valence-electron chi connectivity index (χ3n) is 4.26. The fourth-order valence-corrected chi connectivity index (χ4v) is 2.92. The quantitative estimate of drug-likeness (QED) is 0.642. The maximum absolute atomic E-state index is 12.8. The summed E-state index contributed by atoms with van der Waals surface area (Å²) in [6.45, 7) is 8.44. The molecule has 0 saturated carbocycles. The van der Waals surface area contributed by atoms with Crippen LogP contribution in [-0.4, -0.2) is 61.5 Å². The van der Waals surface area contributed by atoms with Gasteiger partial charge in [-0.25, -0.2) is 0 Å². The van der Waals surface area contributed by atoms with Gasteiger partial charge in [-0.05, 0) is 38.6 Å². The van der Waals surface area contributed by atoms with Gasteiger partial charge < -0.3 is 15.4 Å². The lowest BCUT2D eigenvalue weighted by molar-refractivity contribution is 0.0698. The third kappa shape index (κ3) is 3.78. The highest BCUT2D eigenvalue weighted by Gasteiger charge is 2.27. The van der Waals surface area contributed by atoms with Crippen molar-refractivity contribution < 1.29 is 9.53 Å². The second kappa shape index (κ2) is 7.61. The Kier molecular flexibility index (Phi) is 5.80. The topological polar surface area (TPSA) is 58.8 Å². The number of piperazine rings is 1. The number of benzene rings is 1. The lowest BCUT2D eigenvalue weighted by atomic mass is 9.99. The van der Waals surface area contributed by atoms with Crippen LogP contribution in [-0.2, 0) is 0 Å². The second-order valence-electron chi connectivity index (χ2n) is 5.81. The number of likely N-dealkylation sites (N-methyl/N-ethyl adjacent to an activating group) is 1. The van der Waals surface area contributed by atoms with Crippen LogP contribution in [0.2, 0.25) is 0 Å². The number of hydrogen-bond acceptors (Lipinski definition) is 5. The van der Waals surface area contributed by atoms with E-state index in [1.165, 1.54) is 0 Å². The van der Waals surface area contributed by atoms with Gasteiger partial charge >= 0.3 is 0 Å². The van der Waals surface area contributed by atoms with E-state index in [0.717, 1.165) is 32.6 Å². The number of Topliss-reactive ketones (excluding diaryl/α,β-unsaturated/α-hetero) is 1. The Morgan fingerprint density at radius 3 is 2.50 bits per heavy atom. The molecule has 1 atom stereocenters. The van der Waals surface area contributed by atoms with Gasteiger partial charge in [0.2, 0.25) is 0 Å². The molecule has 1 heterocycles. The fraction of sp³-hybridized carbons (Fsp3) is 0.588. The lowest BCUT2D eigenvalue weighted by Crippen LogP contribution is -2.51. The molecule has 2 N–H and O–H groups in total. The Hall–Kier alpha value is -1.59. The maximum atomic E-state index is 12.8. The first-order chi connectivity index (χ1) is 10.6. The van der Waals surface area contributed by atoms with E-state index in [4.69, 9.17) is 10.5 Å². The van der Waals surface area contributed by atoms with E-state index in [9.17, 15) is 4.79 Å². The molecule has 0 amide bonds. The highest BCUT2D eigenvalue weighted by molar-refractivity contribution is 6.01. The molecule has 1 unspecified atom stereocenters. The molecular formula is C17H27N3O2. The number of anilines is 1. The maximum Gasteiger partial charge on any atom is 0.180 e. The van der Waals surface area contributed by atoms with Gasteiger partial charge in [-0.3, -0.25) is 9.69 Å². The van der Waals surface area contributed by atoms with Gasteiger partial charge in [0.1, 0.15) is 5.75 Å². The Morgan fingerprint density at radius 2 is 1.95 bits per heavy atom. The third-order valence-corrected chi connectivity index (χ3v) is 4.26. The van der Waals surface area contributed by atoms with E-state index in [0.29, 0.717) is 23.6 Å². The molecule has 1 fully saturated rings. The van der Waals surface area contributed by atoms with Gasteiger partial charge in [0.15, 0.2) is 5.78 Å². The van der Waals surface area contributed by atoms with E-state index in [1.807, 2.05) is 13.0 Å². The van der Waals surface area contributed by atoms with Gasteiger partial charge in [-0.15, -0.1) is 0 Å². The summed E-state index contributed by atoms with van der Waals surface area (Å²) in [6, 6.07) is 5.29. The summed E-state index contributed by atoms with van der Waals surface area (Å²) in [4.78, 5) is 17.4. The fourth-order valence-electron chi connectivity index (χ4n) is 2.92. The highest BCUT2D eigenvalue weighted by atomic mass is 16.5. The second-order valence-corrected chi connectivity index (χ2v) is 5.81. The molecule has 22 heavy (non-hydrogen) atoms. The zero-order valence-electron chi connectivity index (χ0n) is 13.8. The van der Waals surface area contributed by atoms with Crippen LogP contribution in [0.5, 0.6) is 5.75 Å². The Balaban J connectivity index is 2.12. The summed E-state index contributed by atoms with van der Waals surface area (Å²) in [5, 5.41) is 0. The molecule has 0 radical (unpaired) electrons. The van der Waals surface area contributed by atoms with E-state index < -0.39 is 0 Å². The van der Waals surface area contributed by atoms with Crippen LogP contribution in [0.3, 0.4) is 0 Å². The molecule has 1 aliphatic rings. The minimum atomic E-state index is -0.0638. The monoisotopic (exact) mass is 305 g/mol. The van der Waals surface area contributed by atoms with Crippen molar-refractivity contribution in [3.63, 3.8) is 0 Å². The number of nitrogen functional groups attached to an aromatic ring is 1. The molecule has 0 spiro atoms. The highest BCUT2D eigenvalue weighted by Crippen LogP contribution is 2.24. The first-order valence-electron chi connectivity index (χ1n) is 8.06. The number of nitrogens with zero attached hydrogens (tertiary/aromatic N) is 2. The van der Waals surface area contributed by atoms with Crippen LogP contribution < -0.4 is 10.5 Å². The molecule has 5 heteroatoms. The van der Waals surface area contributed by atoms with Crippen molar-refractivity contribution in [1.29, 1.82) is 0 Å². The predicted molar refractivity (Wildman–Crippen MR) is 89.5 cm³/mol. The number of hydrogen-bond donors (Lipinski definition) is 1. The average molecular weight is 305 g/mol. The number of nitrogens with two attached hydrogens (primary N) is 1. The van der Waals surface area contributed by atoms with Crippen LogP contribution in [0.1, 0.15) is 30.6 Å². The van der Waals surface area contributed by atoms with E-state index in [2.05, 4.69) is 23.8 Å². The number of carbonyl (C=O) groups excluding carboxylic acids is 1. The van der Waals surface area contributed by atoms with E-state index >= 15 is 0 Å². The Labute approximate surface area is 133 Å². The van der Waals surface area contributed by atoms with Crippen LogP contribution in [0.15, 0.2) is 18.2 Å². The molecule has 1 saturated heterocycles. The van der Waals surface area contributed by atoms with Crippen molar-refractivity contribution in [3.05, 3.63) is 23.8 Å². The minimum Gasteiger partial charge on any atom is -0.492 e. The number of carbonyl (C=O) groups is 1. The normalized spacial score (nSPS) is 18.1. The van der Waals surface area contributed by atoms with Gasteiger partial charge in [-0.1, -0.05) is 6.92 Å². The average Bonchev–Trinajstić information content (AvgIpc) is 2.52. The van der Waals surface area contributed by atoms with Crippen molar-refractivity contribution in [2.75, 3.05) is 45.6 Å². The van der Waals surface area contributed by atoms with E-state index in [1.54, 1.807) is 12.1 Å². The van der Waals surface area contributed by atoms with Crippen LogP contribution in [0.4, 0.5) is 5.69 Å². The molecule has 1 aromatic carbocycles. The minimum absolute atomic E-state index is 0.0638. The zero-order valence-corrected chi connectivity index (χ0v) is 13.8. The van der Waals surface area contributed by atoms with Crippen molar-refractivity contribution in [2.45, 2.75) is 26.3 Å². The van der Waals surface area contributed by atoms with Crippen molar-refractivity contribution in [2.24, 2.45) is 0 Å². The molecule has 2 rings (SSSR count). The summed E-state index contributed by atoms with van der Waals surface area (Å²) < 4.78 is 5.43. The lowest BCUT2D eigenvalue weighted by Gasteiger charge is -2.37. The molecule has 0 aromatic heterocycles. The van der Waals surface area contributed by atoms with Crippen LogP contribution >= 0.6 is 0 Å². The molecule has 0 bridgehead atoms. The van der Waals surface area contributed by atoms with Crippen molar-refractivity contribution in [3.8, 4) is 5.75 Å². The standard InChI is InChI=1S/C17H27N3O2/c1-4-15(20-10-8-19(3)9-11-20)17(21)13-6-7-16(22-5-2)14(18)12-13/h6-7,12,15H,4-5,8-11,18H2,1-3H3. The molecule has 0 aliphatic carbocycles. The van der Waals surface area contributed by atoms with Crippen molar-refractivity contribution in [1.82, 2.24) is 9.80 Å². The molecule has 1 aromatic rings. The zero-order chi connectivity index (χ0) is 16.1. The largest absolute Gasteiger partial charge is 0.492 e. The smallest absolute Gasteiger partial charge is 0.180 e. The first-order valence-corrected chi connectivity index (χ1v) is 8.06. The summed E-state index contributed by atoms with van der Waals surface area (Å²) >= 11 is 0. The van der Waals surface area contributed by atoms with Gasteiger partial charge in [0.25, 0.3) is 0 Å².